The number of ketones is 1. The lowest BCUT2D eigenvalue weighted by atomic mass is 10.1. The molecule has 0 saturated carbocycles. The molecule has 1 atom stereocenters. The molecule has 126 valence electrons. The fraction of sp³-hybridized carbons (Fsp3) is 0.400. The average molecular weight is 403 g/mol. The largest absolute Gasteiger partial charge is 0.481 e. The molecule has 0 saturated heterocycles. The fourth-order valence-corrected chi connectivity index (χ4v) is 2.55. The van der Waals surface area contributed by atoms with Gasteiger partial charge in [-0.05, 0) is 42.7 Å². The molecule has 3 N–H and O–H groups in total. The molecule has 8 heteroatoms. The third-order valence-corrected chi connectivity index (χ3v) is 4.16. The van der Waals surface area contributed by atoms with Gasteiger partial charge < -0.3 is 15.7 Å². The molecule has 0 spiro atoms. The van der Waals surface area contributed by atoms with Gasteiger partial charge in [0.2, 0.25) is 0 Å². The van der Waals surface area contributed by atoms with Crippen LogP contribution < -0.4 is 10.6 Å². The van der Waals surface area contributed by atoms with Crippen molar-refractivity contribution in [1.29, 1.82) is 0 Å². The number of hydrogen-bond donors (Lipinski definition) is 3. The lowest BCUT2D eigenvalue weighted by Crippen LogP contribution is -2.43. The van der Waals surface area contributed by atoms with Crippen molar-refractivity contribution in [2.45, 2.75) is 25.3 Å². The van der Waals surface area contributed by atoms with E-state index in [9.17, 15) is 14.4 Å². The van der Waals surface area contributed by atoms with Crippen LogP contribution in [0.4, 0.5) is 10.5 Å². The third-order valence-electron chi connectivity index (χ3n) is 2.99. The third kappa shape index (κ3) is 8.03. The van der Waals surface area contributed by atoms with E-state index in [2.05, 4.69) is 26.6 Å². The highest BCUT2D eigenvalue weighted by molar-refractivity contribution is 9.10. The van der Waals surface area contributed by atoms with Crippen molar-refractivity contribution in [3.63, 3.8) is 0 Å². The molecule has 0 fully saturated rings. The van der Waals surface area contributed by atoms with Gasteiger partial charge in [-0.1, -0.05) is 15.9 Å². The minimum atomic E-state index is -1.03. The minimum Gasteiger partial charge on any atom is -0.481 e. The summed E-state index contributed by atoms with van der Waals surface area (Å²) in [6.45, 7) is 0. The lowest BCUT2D eigenvalue weighted by Gasteiger charge is -2.17. The Kier molecular flexibility index (Phi) is 8.71. The SMILES string of the molecule is CSCC[C@H](NC(=O)Nc1ccc(Br)cc1)C(=O)CCC(=O)O. The van der Waals surface area contributed by atoms with E-state index in [1.807, 2.05) is 6.26 Å². The van der Waals surface area contributed by atoms with E-state index in [-0.39, 0.29) is 18.6 Å². The zero-order valence-corrected chi connectivity index (χ0v) is 15.1. The predicted octanol–water partition coefficient (Wildman–Crippen LogP) is 3.13. The number of carboxylic acids is 1. The van der Waals surface area contributed by atoms with Crippen LogP contribution in [0.1, 0.15) is 19.3 Å². The summed E-state index contributed by atoms with van der Waals surface area (Å²) in [6.07, 6.45) is 2.05. The average Bonchev–Trinajstić information content (AvgIpc) is 2.51. The van der Waals surface area contributed by atoms with Crippen LogP contribution in [0.5, 0.6) is 0 Å². The van der Waals surface area contributed by atoms with Gasteiger partial charge in [0, 0.05) is 16.6 Å². The van der Waals surface area contributed by atoms with Crippen LogP contribution in [0.25, 0.3) is 0 Å². The van der Waals surface area contributed by atoms with E-state index in [0.29, 0.717) is 17.9 Å². The van der Waals surface area contributed by atoms with E-state index in [0.717, 1.165) is 4.47 Å². The van der Waals surface area contributed by atoms with Crippen LogP contribution in [0, 0.1) is 0 Å². The van der Waals surface area contributed by atoms with Crippen molar-refractivity contribution in [3.8, 4) is 0 Å². The van der Waals surface area contributed by atoms with Gasteiger partial charge in [0.25, 0.3) is 0 Å². The molecule has 0 aromatic heterocycles. The van der Waals surface area contributed by atoms with Gasteiger partial charge in [0.15, 0.2) is 5.78 Å². The first-order chi connectivity index (χ1) is 10.9. The van der Waals surface area contributed by atoms with Crippen molar-refractivity contribution in [3.05, 3.63) is 28.7 Å². The quantitative estimate of drug-likeness (QED) is 0.589. The molecule has 0 unspecified atom stereocenters. The van der Waals surface area contributed by atoms with Gasteiger partial charge in [-0.25, -0.2) is 4.79 Å². The molecule has 23 heavy (non-hydrogen) atoms. The Morgan fingerprint density at radius 2 is 1.87 bits per heavy atom. The molecule has 0 aliphatic carbocycles. The summed E-state index contributed by atoms with van der Waals surface area (Å²) in [4.78, 5) is 34.6. The maximum Gasteiger partial charge on any atom is 0.319 e. The molecule has 0 radical (unpaired) electrons. The number of thioether (sulfide) groups is 1. The smallest absolute Gasteiger partial charge is 0.319 e. The molecule has 0 aliphatic heterocycles. The molecule has 0 heterocycles. The Morgan fingerprint density at radius 1 is 1.22 bits per heavy atom. The molecular formula is C15H19BrN2O4S. The zero-order chi connectivity index (χ0) is 17.2. The van der Waals surface area contributed by atoms with Crippen molar-refractivity contribution >= 4 is 51.2 Å². The first-order valence-corrected chi connectivity index (χ1v) is 9.17. The Hall–Kier alpha value is -1.54. The number of hydrogen-bond acceptors (Lipinski definition) is 4. The Labute approximate surface area is 147 Å². The number of urea groups is 1. The maximum absolute atomic E-state index is 12.1. The topological polar surface area (TPSA) is 95.5 Å². The summed E-state index contributed by atoms with van der Waals surface area (Å²) in [5.74, 6) is -0.601. The second-order valence-corrected chi connectivity index (χ2v) is 6.70. The number of benzene rings is 1. The Balaban J connectivity index is 2.60. The number of Topliss-reactive ketones (excluding diaryl/α,β-unsaturated/α-hetero) is 1. The first-order valence-electron chi connectivity index (χ1n) is 6.99. The van der Waals surface area contributed by atoms with Crippen LogP contribution >= 0.6 is 27.7 Å². The van der Waals surface area contributed by atoms with E-state index >= 15 is 0 Å². The molecule has 1 rings (SSSR count). The van der Waals surface area contributed by atoms with Crippen LogP contribution in [0.2, 0.25) is 0 Å². The van der Waals surface area contributed by atoms with E-state index in [1.165, 1.54) is 0 Å². The fourth-order valence-electron chi connectivity index (χ4n) is 1.81. The highest BCUT2D eigenvalue weighted by Gasteiger charge is 2.21. The first kappa shape index (κ1) is 19.5. The second kappa shape index (κ2) is 10.3. The number of carbonyl (C=O) groups is 3. The van der Waals surface area contributed by atoms with Gasteiger partial charge in [0.05, 0.1) is 12.5 Å². The lowest BCUT2D eigenvalue weighted by molar-refractivity contribution is -0.138. The van der Waals surface area contributed by atoms with Crippen LogP contribution in [-0.2, 0) is 9.59 Å². The number of carboxylic acid groups (broad SMARTS) is 1. The number of anilines is 1. The van der Waals surface area contributed by atoms with Gasteiger partial charge in [0.1, 0.15) is 0 Å². The van der Waals surface area contributed by atoms with Crippen molar-refractivity contribution in [2.24, 2.45) is 0 Å². The van der Waals surface area contributed by atoms with Crippen molar-refractivity contribution in [1.82, 2.24) is 5.32 Å². The molecule has 2 amide bonds. The molecule has 0 aliphatic rings. The second-order valence-electron chi connectivity index (χ2n) is 4.80. The number of carbonyl (C=O) groups excluding carboxylic acids is 2. The molecule has 1 aromatic carbocycles. The highest BCUT2D eigenvalue weighted by atomic mass is 79.9. The van der Waals surface area contributed by atoms with E-state index in [4.69, 9.17) is 5.11 Å². The zero-order valence-electron chi connectivity index (χ0n) is 12.7. The number of nitrogens with one attached hydrogen (secondary N) is 2. The number of aliphatic carboxylic acids is 1. The van der Waals surface area contributed by atoms with Gasteiger partial charge >= 0.3 is 12.0 Å². The summed E-state index contributed by atoms with van der Waals surface area (Å²) < 4.78 is 0.894. The van der Waals surface area contributed by atoms with Crippen LogP contribution in [0.3, 0.4) is 0 Å². The van der Waals surface area contributed by atoms with Crippen molar-refractivity contribution in [2.75, 3.05) is 17.3 Å². The molecular weight excluding hydrogens is 384 g/mol. The summed E-state index contributed by atoms with van der Waals surface area (Å²) in [5.41, 5.74) is 0.604. The maximum atomic E-state index is 12.1. The van der Waals surface area contributed by atoms with Gasteiger partial charge in [-0.15, -0.1) is 0 Å². The number of rotatable bonds is 9. The standard InChI is InChI=1S/C15H19BrN2O4S/c1-23-9-8-12(13(19)6-7-14(20)21)18-15(22)17-11-4-2-10(16)3-5-11/h2-5,12H,6-9H2,1H3,(H,20,21)(H2,17,18,22)/t12-/m0/s1. The van der Waals surface area contributed by atoms with E-state index in [1.54, 1.807) is 36.0 Å². The number of amides is 2. The summed E-state index contributed by atoms with van der Waals surface area (Å²) >= 11 is 4.86. The molecule has 0 bridgehead atoms. The summed E-state index contributed by atoms with van der Waals surface area (Å²) in [7, 11) is 0. The Bertz CT molecular complexity index is 551. The monoisotopic (exact) mass is 402 g/mol. The minimum absolute atomic E-state index is 0.0903. The van der Waals surface area contributed by atoms with Crippen LogP contribution in [-0.4, -0.2) is 40.9 Å². The van der Waals surface area contributed by atoms with Gasteiger partial charge in [-0.3, -0.25) is 9.59 Å². The normalized spacial score (nSPS) is 11.6. The predicted molar refractivity (Wildman–Crippen MR) is 95.0 cm³/mol. The van der Waals surface area contributed by atoms with Crippen LogP contribution in [0.15, 0.2) is 28.7 Å². The molecule has 6 nitrogen and oxygen atoms in total. The van der Waals surface area contributed by atoms with Gasteiger partial charge in [-0.2, -0.15) is 11.8 Å². The Morgan fingerprint density at radius 3 is 2.43 bits per heavy atom. The summed E-state index contributed by atoms with van der Waals surface area (Å²) in [6, 6.07) is 5.87. The van der Waals surface area contributed by atoms with E-state index < -0.39 is 18.0 Å². The summed E-state index contributed by atoms with van der Waals surface area (Å²) in [5, 5.41) is 13.9. The number of halogens is 1. The molecule has 1 aromatic rings. The van der Waals surface area contributed by atoms with Crippen molar-refractivity contribution < 1.29 is 19.5 Å². The highest BCUT2D eigenvalue weighted by Crippen LogP contribution is 2.14.